The van der Waals surface area contributed by atoms with Crippen LogP contribution in [0.5, 0.6) is 0 Å². The summed E-state index contributed by atoms with van der Waals surface area (Å²) in [5.41, 5.74) is 0. The van der Waals surface area contributed by atoms with Gasteiger partial charge in [0.05, 0.1) is 13.2 Å². The fraction of sp³-hybridized carbons (Fsp3) is 0.615. The van der Waals surface area contributed by atoms with Crippen molar-refractivity contribution in [2.45, 2.75) is 0 Å². The lowest BCUT2D eigenvalue weighted by atomic mass is 10.3. The molecule has 6 heteroatoms. The summed E-state index contributed by atoms with van der Waals surface area (Å²) in [7, 11) is 0. The van der Waals surface area contributed by atoms with Crippen LogP contribution in [0.15, 0.2) is 18.2 Å². The van der Waals surface area contributed by atoms with Crippen LogP contribution >= 0.6 is 0 Å². The van der Waals surface area contributed by atoms with Crippen molar-refractivity contribution in [3.63, 3.8) is 0 Å². The Morgan fingerprint density at radius 1 is 1.16 bits per heavy atom. The van der Waals surface area contributed by atoms with Crippen molar-refractivity contribution in [2.75, 3.05) is 62.3 Å². The van der Waals surface area contributed by atoms with Gasteiger partial charge < -0.3 is 25.3 Å². The lowest BCUT2D eigenvalue weighted by molar-refractivity contribution is 0.280. The second-order valence-corrected chi connectivity index (χ2v) is 4.53. The van der Waals surface area contributed by atoms with Crippen molar-refractivity contribution in [2.24, 2.45) is 0 Å². The molecule has 1 aromatic heterocycles. The molecule has 0 aromatic carbocycles. The van der Waals surface area contributed by atoms with Gasteiger partial charge in [-0.15, -0.1) is 0 Å². The van der Waals surface area contributed by atoms with E-state index in [1.54, 1.807) is 0 Å². The zero-order valence-corrected chi connectivity index (χ0v) is 11.1. The molecule has 0 saturated carbocycles. The van der Waals surface area contributed by atoms with Gasteiger partial charge in [0.25, 0.3) is 0 Å². The number of hydrogen-bond donors (Lipinski definition) is 3. The number of aromatic nitrogens is 1. The van der Waals surface area contributed by atoms with E-state index in [9.17, 15) is 0 Å². The summed E-state index contributed by atoms with van der Waals surface area (Å²) in [5.74, 6) is 1.76. The standard InChI is InChI=1S/C13H22N4O2/c18-10-8-17(9-11-19)13-3-1-2-12(15-13)16-6-4-14-5-7-16/h1-3,14,18-19H,4-11H2. The third-order valence-electron chi connectivity index (χ3n) is 3.22. The normalized spacial score (nSPS) is 15.6. The summed E-state index contributed by atoms with van der Waals surface area (Å²) >= 11 is 0. The predicted octanol–water partition coefficient (Wildman–Crippen LogP) is -0.718. The zero-order valence-electron chi connectivity index (χ0n) is 11.1. The highest BCUT2D eigenvalue weighted by molar-refractivity contribution is 5.49. The smallest absolute Gasteiger partial charge is 0.131 e. The van der Waals surface area contributed by atoms with E-state index < -0.39 is 0 Å². The molecule has 2 rings (SSSR count). The number of pyridine rings is 1. The van der Waals surface area contributed by atoms with Crippen molar-refractivity contribution >= 4 is 11.6 Å². The minimum atomic E-state index is 0.0551. The largest absolute Gasteiger partial charge is 0.395 e. The molecule has 3 N–H and O–H groups in total. The van der Waals surface area contributed by atoms with Crippen LogP contribution in [0.4, 0.5) is 11.6 Å². The zero-order chi connectivity index (χ0) is 13.5. The summed E-state index contributed by atoms with van der Waals surface area (Å²) < 4.78 is 0. The molecule has 0 amide bonds. The van der Waals surface area contributed by atoms with Crippen molar-refractivity contribution in [3.05, 3.63) is 18.2 Å². The van der Waals surface area contributed by atoms with Crippen molar-refractivity contribution in [1.82, 2.24) is 10.3 Å². The second kappa shape index (κ2) is 7.28. The molecule has 1 aliphatic rings. The summed E-state index contributed by atoms with van der Waals surface area (Å²) in [4.78, 5) is 8.78. The second-order valence-electron chi connectivity index (χ2n) is 4.53. The number of anilines is 2. The van der Waals surface area contributed by atoms with Crippen molar-refractivity contribution in [1.29, 1.82) is 0 Å². The van der Waals surface area contributed by atoms with E-state index in [4.69, 9.17) is 10.2 Å². The minimum absolute atomic E-state index is 0.0551. The van der Waals surface area contributed by atoms with Crippen molar-refractivity contribution < 1.29 is 10.2 Å². The first-order valence-corrected chi connectivity index (χ1v) is 6.74. The molecule has 1 aromatic rings. The van der Waals surface area contributed by atoms with Gasteiger partial charge in [0.15, 0.2) is 0 Å². The third kappa shape index (κ3) is 3.79. The fourth-order valence-electron chi connectivity index (χ4n) is 2.24. The molecule has 0 radical (unpaired) electrons. The average molecular weight is 266 g/mol. The molecule has 1 saturated heterocycles. The summed E-state index contributed by atoms with van der Waals surface area (Å²) in [5, 5.41) is 21.5. The Kier molecular flexibility index (Phi) is 5.38. The van der Waals surface area contributed by atoms with Gasteiger partial charge in [-0.25, -0.2) is 4.98 Å². The first kappa shape index (κ1) is 14.0. The molecule has 106 valence electrons. The topological polar surface area (TPSA) is 71.9 Å². The number of aliphatic hydroxyl groups excluding tert-OH is 2. The highest BCUT2D eigenvalue weighted by atomic mass is 16.3. The van der Waals surface area contributed by atoms with Crippen LogP contribution in [-0.2, 0) is 0 Å². The van der Waals surface area contributed by atoms with Gasteiger partial charge in [-0.1, -0.05) is 6.07 Å². The molecular formula is C13H22N4O2. The number of piperazine rings is 1. The van der Waals surface area contributed by atoms with Gasteiger partial charge in [-0.3, -0.25) is 0 Å². The maximum absolute atomic E-state index is 9.07. The fourth-order valence-corrected chi connectivity index (χ4v) is 2.24. The molecule has 6 nitrogen and oxygen atoms in total. The van der Waals surface area contributed by atoms with Gasteiger partial charge in [0.1, 0.15) is 11.6 Å². The number of rotatable bonds is 6. The molecule has 0 aliphatic carbocycles. The third-order valence-corrected chi connectivity index (χ3v) is 3.22. The Morgan fingerprint density at radius 3 is 2.47 bits per heavy atom. The van der Waals surface area contributed by atoms with E-state index in [2.05, 4.69) is 15.2 Å². The van der Waals surface area contributed by atoms with Gasteiger partial charge in [-0.05, 0) is 12.1 Å². The average Bonchev–Trinajstić information content (AvgIpc) is 2.48. The Bertz CT molecular complexity index is 377. The maximum atomic E-state index is 9.07. The first-order valence-electron chi connectivity index (χ1n) is 6.74. The molecular weight excluding hydrogens is 244 g/mol. The van der Waals surface area contributed by atoms with E-state index >= 15 is 0 Å². The van der Waals surface area contributed by atoms with Crippen LogP contribution < -0.4 is 15.1 Å². The number of hydrogen-bond acceptors (Lipinski definition) is 6. The van der Waals surface area contributed by atoms with Crippen LogP contribution in [0.1, 0.15) is 0 Å². The minimum Gasteiger partial charge on any atom is -0.395 e. The Labute approximate surface area is 113 Å². The summed E-state index contributed by atoms with van der Waals surface area (Å²) in [6.45, 7) is 4.94. The summed E-state index contributed by atoms with van der Waals surface area (Å²) in [6.07, 6.45) is 0. The number of nitrogens with zero attached hydrogens (tertiary/aromatic N) is 3. The maximum Gasteiger partial charge on any atom is 0.131 e. The van der Waals surface area contributed by atoms with Crippen LogP contribution in [0.25, 0.3) is 0 Å². The SMILES string of the molecule is OCCN(CCO)c1cccc(N2CCNCC2)n1. The summed E-state index contributed by atoms with van der Waals surface area (Å²) in [6, 6.07) is 5.89. The Balaban J connectivity index is 2.12. The van der Waals surface area contributed by atoms with Gasteiger partial charge in [0, 0.05) is 39.3 Å². The molecule has 1 fully saturated rings. The van der Waals surface area contributed by atoms with Crippen LogP contribution in [-0.4, -0.2) is 67.7 Å². The van der Waals surface area contributed by atoms with Crippen LogP contribution in [0.3, 0.4) is 0 Å². The van der Waals surface area contributed by atoms with E-state index in [0.717, 1.165) is 37.8 Å². The van der Waals surface area contributed by atoms with Crippen LogP contribution in [0.2, 0.25) is 0 Å². The molecule has 2 heterocycles. The lowest BCUT2D eigenvalue weighted by Crippen LogP contribution is -2.44. The molecule has 1 aliphatic heterocycles. The van der Waals surface area contributed by atoms with Gasteiger partial charge >= 0.3 is 0 Å². The molecule has 0 unspecified atom stereocenters. The van der Waals surface area contributed by atoms with Gasteiger partial charge in [0.2, 0.25) is 0 Å². The number of nitrogens with one attached hydrogen (secondary N) is 1. The van der Waals surface area contributed by atoms with Crippen molar-refractivity contribution in [3.8, 4) is 0 Å². The number of aliphatic hydroxyl groups is 2. The van der Waals surface area contributed by atoms with E-state index in [-0.39, 0.29) is 13.2 Å². The molecule has 0 bridgehead atoms. The van der Waals surface area contributed by atoms with E-state index in [1.165, 1.54) is 0 Å². The Hall–Kier alpha value is -1.37. The highest BCUT2D eigenvalue weighted by Crippen LogP contribution is 2.17. The quantitative estimate of drug-likeness (QED) is 0.631. The van der Waals surface area contributed by atoms with Crippen LogP contribution in [0, 0.1) is 0 Å². The monoisotopic (exact) mass is 266 g/mol. The van der Waals surface area contributed by atoms with E-state index in [1.807, 2.05) is 23.1 Å². The predicted molar refractivity (Wildman–Crippen MR) is 75.7 cm³/mol. The highest BCUT2D eigenvalue weighted by Gasteiger charge is 2.13. The van der Waals surface area contributed by atoms with Gasteiger partial charge in [-0.2, -0.15) is 0 Å². The molecule has 0 atom stereocenters. The Morgan fingerprint density at radius 2 is 1.84 bits per heavy atom. The lowest BCUT2D eigenvalue weighted by Gasteiger charge is -2.30. The van der Waals surface area contributed by atoms with E-state index in [0.29, 0.717) is 13.1 Å². The molecule has 0 spiro atoms. The molecule has 19 heavy (non-hydrogen) atoms. The first-order chi connectivity index (χ1) is 9.35.